The summed E-state index contributed by atoms with van der Waals surface area (Å²) in [6.45, 7) is 9.00. The number of imide groups is 1. The Labute approximate surface area is 346 Å². The molecule has 0 bridgehead atoms. The highest BCUT2D eigenvalue weighted by Gasteiger charge is 2.36. The summed E-state index contributed by atoms with van der Waals surface area (Å²) in [7, 11) is 1.80. The number of H-pyrrole nitrogens is 1. The van der Waals surface area contributed by atoms with Crippen LogP contribution in [0, 0.1) is 11.7 Å². The Bertz CT molecular complexity index is 2320. The molecule has 5 aliphatic rings. The van der Waals surface area contributed by atoms with Crippen LogP contribution >= 0.6 is 0 Å². The molecular formula is C43H50FN11O5. The number of aromatic amines is 1. The molecule has 9 rings (SSSR count). The lowest BCUT2D eigenvalue weighted by Gasteiger charge is -2.45. The summed E-state index contributed by atoms with van der Waals surface area (Å²) in [6, 6.07) is 14.2. The second-order valence-electron chi connectivity index (χ2n) is 16.7. The minimum absolute atomic E-state index is 0.00692. The molecule has 0 saturated carbocycles. The molecule has 0 radical (unpaired) electrons. The highest BCUT2D eigenvalue weighted by molar-refractivity contribution is 6.10. The number of halogens is 1. The van der Waals surface area contributed by atoms with Crippen molar-refractivity contribution in [3.63, 3.8) is 0 Å². The third-order valence-electron chi connectivity index (χ3n) is 12.8. The first-order valence-corrected chi connectivity index (χ1v) is 20.8. The predicted molar refractivity (Wildman–Crippen MR) is 224 cm³/mol. The van der Waals surface area contributed by atoms with Crippen molar-refractivity contribution in [3.8, 4) is 11.3 Å². The minimum Gasteiger partial charge on any atom is -0.369 e. The summed E-state index contributed by atoms with van der Waals surface area (Å²) in [4.78, 5) is 81.8. The Kier molecular flexibility index (Phi) is 10.5. The maximum atomic E-state index is 16.0. The number of likely N-dealkylation sites (N-methyl/N-ethyl adjacent to an activating group) is 1. The van der Waals surface area contributed by atoms with Crippen LogP contribution in [0.5, 0.6) is 0 Å². The SMILES string of the molecule is CN1CCN([C@@H]2CCCN(c3c(F)cc(C(N)=O)c4[nH]c(-c5ccc(N6CCN(CC7CN(c8ccc(C(=O)N[C@H]9CCC(=O)NC9=O)nc8)C7)CC6)cc5)cc34)C2)C1=O. The number of benzene rings is 2. The molecule has 6 amide bonds. The summed E-state index contributed by atoms with van der Waals surface area (Å²) in [5.74, 6) is -1.94. The zero-order valence-corrected chi connectivity index (χ0v) is 33.7. The van der Waals surface area contributed by atoms with Crippen molar-refractivity contribution in [2.24, 2.45) is 11.7 Å². The first-order chi connectivity index (χ1) is 29.0. The number of nitrogens with zero attached hydrogens (tertiary/aromatic N) is 7. The van der Waals surface area contributed by atoms with Crippen LogP contribution in [-0.2, 0) is 9.59 Å². The van der Waals surface area contributed by atoms with Crippen LogP contribution < -0.4 is 31.1 Å². The lowest BCUT2D eigenvalue weighted by atomic mass is 9.98. The van der Waals surface area contributed by atoms with Gasteiger partial charge in [0.25, 0.3) is 11.8 Å². The van der Waals surface area contributed by atoms with E-state index in [0.717, 1.165) is 81.3 Å². The fourth-order valence-corrected chi connectivity index (χ4v) is 9.41. The second-order valence-corrected chi connectivity index (χ2v) is 16.7. The molecule has 5 aliphatic heterocycles. The van der Waals surface area contributed by atoms with E-state index in [1.807, 2.05) is 34.1 Å². The number of primary amides is 1. The van der Waals surface area contributed by atoms with Crippen LogP contribution in [0.25, 0.3) is 22.2 Å². The van der Waals surface area contributed by atoms with Gasteiger partial charge in [0.1, 0.15) is 17.6 Å². The molecule has 2 aromatic carbocycles. The number of nitrogens with two attached hydrogens (primary N) is 1. The van der Waals surface area contributed by atoms with Crippen molar-refractivity contribution in [2.45, 2.75) is 37.8 Å². The molecule has 60 heavy (non-hydrogen) atoms. The van der Waals surface area contributed by atoms with E-state index in [2.05, 4.69) is 47.4 Å². The number of anilines is 3. The normalized spacial score (nSPS) is 21.8. The fourth-order valence-electron chi connectivity index (χ4n) is 9.41. The number of piperazine rings is 1. The number of carbonyl (C=O) groups excluding carboxylic acids is 5. The van der Waals surface area contributed by atoms with E-state index in [9.17, 15) is 24.0 Å². The average Bonchev–Trinajstić information content (AvgIpc) is 3.82. The molecule has 5 fully saturated rings. The molecule has 0 spiro atoms. The van der Waals surface area contributed by atoms with Gasteiger partial charge in [0.2, 0.25) is 11.8 Å². The van der Waals surface area contributed by atoms with Crippen molar-refractivity contribution in [3.05, 3.63) is 71.8 Å². The Balaban J connectivity index is 0.788. The van der Waals surface area contributed by atoms with Crippen LogP contribution in [0.15, 0.2) is 54.7 Å². The fraction of sp³-hybridized carbons (Fsp3) is 0.442. The maximum Gasteiger partial charge on any atom is 0.320 e. The predicted octanol–water partition coefficient (Wildman–Crippen LogP) is 2.60. The van der Waals surface area contributed by atoms with E-state index in [0.29, 0.717) is 48.7 Å². The first kappa shape index (κ1) is 39.2. The van der Waals surface area contributed by atoms with E-state index in [-0.39, 0.29) is 42.1 Å². The number of hydrogen-bond donors (Lipinski definition) is 4. The zero-order chi connectivity index (χ0) is 41.7. The van der Waals surface area contributed by atoms with Crippen molar-refractivity contribution >= 4 is 57.6 Å². The van der Waals surface area contributed by atoms with Crippen LogP contribution in [-0.4, -0.2) is 145 Å². The number of fused-ring (bicyclic) bond motifs is 1. The van der Waals surface area contributed by atoms with Gasteiger partial charge in [-0.15, -0.1) is 0 Å². The summed E-state index contributed by atoms with van der Waals surface area (Å²) in [6.07, 6.45) is 3.83. The number of carbonyl (C=O) groups is 5. The third-order valence-corrected chi connectivity index (χ3v) is 12.8. The molecule has 4 aromatic rings. The van der Waals surface area contributed by atoms with Gasteiger partial charge in [-0.3, -0.25) is 29.4 Å². The molecule has 7 heterocycles. The van der Waals surface area contributed by atoms with Crippen molar-refractivity contribution in [1.29, 1.82) is 0 Å². The van der Waals surface area contributed by atoms with Gasteiger partial charge in [0.15, 0.2) is 0 Å². The number of piperidine rings is 2. The second kappa shape index (κ2) is 16.1. The van der Waals surface area contributed by atoms with Gasteiger partial charge in [-0.25, -0.2) is 14.2 Å². The van der Waals surface area contributed by atoms with Crippen molar-refractivity contribution < 1.29 is 28.4 Å². The molecule has 2 aromatic heterocycles. The van der Waals surface area contributed by atoms with Crippen LogP contribution in [0.2, 0.25) is 0 Å². The third kappa shape index (κ3) is 7.69. The van der Waals surface area contributed by atoms with Gasteiger partial charge in [-0.1, -0.05) is 12.1 Å². The summed E-state index contributed by atoms with van der Waals surface area (Å²) in [5.41, 5.74) is 10.8. The molecule has 17 heteroatoms. The number of amides is 6. The molecule has 0 unspecified atom stereocenters. The quantitative estimate of drug-likeness (QED) is 0.174. The monoisotopic (exact) mass is 819 g/mol. The number of hydrogen-bond acceptors (Lipinski definition) is 10. The highest BCUT2D eigenvalue weighted by Crippen LogP contribution is 2.38. The van der Waals surface area contributed by atoms with Gasteiger partial charge in [0.05, 0.1) is 34.7 Å². The highest BCUT2D eigenvalue weighted by atomic mass is 19.1. The number of rotatable bonds is 10. The average molecular weight is 820 g/mol. The molecule has 16 nitrogen and oxygen atoms in total. The smallest absolute Gasteiger partial charge is 0.320 e. The Morgan fingerprint density at radius 1 is 0.883 bits per heavy atom. The molecule has 314 valence electrons. The minimum atomic E-state index is -0.742. The largest absolute Gasteiger partial charge is 0.369 e. The Hall–Kier alpha value is -6.23. The number of nitrogens with one attached hydrogen (secondary N) is 3. The van der Waals surface area contributed by atoms with E-state index in [4.69, 9.17) is 5.73 Å². The van der Waals surface area contributed by atoms with Crippen LogP contribution in [0.1, 0.15) is 46.5 Å². The summed E-state index contributed by atoms with van der Waals surface area (Å²) < 4.78 is 16.0. The molecule has 2 atom stereocenters. The van der Waals surface area contributed by atoms with Crippen molar-refractivity contribution in [2.75, 3.05) is 93.7 Å². The van der Waals surface area contributed by atoms with E-state index < -0.39 is 29.6 Å². The van der Waals surface area contributed by atoms with E-state index >= 15 is 4.39 Å². The molecule has 0 aliphatic carbocycles. The van der Waals surface area contributed by atoms with Gasteiger partial charge < -0.3 is 40.5 Å². The maximum absolute atomic E-state index is 16.0. The Morgan fingerprint density at radius 3 is 2.33 bits per heavy atom. The molecule has 5 N–H and O–H groups in total. The molecule has 5 saturated heterocycles. The summed E-state index contributed by atoms with van der Waals surface area (Å²) >= 11 is 0. The van der Waals surface area contributed by atoms with Gasteiger partial charge in [-0.05, 0) is 61.2 Å². The van der Waals surface area contributed by atoms with Gasteiger partial charge in [0, 0.05) is 108 Å². The van der Waals surface area contributed by atoms with Gasteiger partial charge >= 0.3 is 6.03 Å². The van der Waals surface area contributed by atoms with E-state index in [1.54, 1.807) is 24.2 Å². The Morgan fingerprint density at radius 2 is 1.65 bits per heavy atom. The lowest BCUT2D eigenvalue weighted by Crippen LogP contribution is -2.55. The first-order valence-electron chi connectivity index (χ1n) is 20.8. The van der Waals surface area contributed by atoms with Crippen LogP contribution in [0.3, 0.4) is 0 Å². The zero-order valence-electron chi connectivity index (χ0n) is 33.7. The topological polar surface area (TPSA) is 184 Å². The molecular weight excluding hydrogens is 770 g/mol. The lowest BCUT2D eigenvalue weighted by molar-refractivity contribution is -0.134. The van der Waals surface area contributed by atoms with Crippen molar-refractivity contribution in [1.82, 2.24) is 35.3 Å². The number of pyridine rings is 1. The van der Waals surface area contributed by atoms with E-state index in [1.165, 1.54) is 6.07 Å². The van der Waals surface area contributed by atoms with Crippen LogP contribution in [0.4, 0.5) is 26.2 Å². The standard InChI is InChI=1S/C43H50FN11O5/c1-50-13-18-55(43(50)60)30-3-2-12-53(25-30)39-31-20-36(47-38(31)32(40(45)57)19-33(39)44)27-4-6-28(7-5-27)52-16-14-51(15-17-52)22-26-23-54(24-26)29-8-9-34(46-21-29)41(58)48-35-10-11-37(56)49-42(35)59/h4-9,19-21,26,30,35,47H,2-3,10-18,22-25H2,1H3,(H2,45,57)(H,48,58)(H,49,56,59)/t30-,35+/m1/s1. The van der Waals surface area contributed by atoms with Gasteiger partial charge in [-0.2, -0.15) is 0 Å². The number of urea groups is 1. The number of aromatic nitrogens is 2. The summed E-state index contributed by atoms with van der Waals surface area (Å²) in [5, 5.41) is 5.51.